The van der Waals surface area contributed by atoms with Gasteiger partial charge in [-0.25, -0.2) is 9.78 Å². The first-order valence-electron chi connectivity index (χ1n) is 16.2. The highest BCUT2D eigenvalue weighted by Crippen LogP contribution is 2.42. The van der Waals surface area contributed by atoms with Gasteiger partial charge >= 0.3 is 17.9 Å². The van der Waals surface area contributed by atoms with Gasteiger partial charge in [0.05, 0.1) is 18.5 Å². The number of thioether (sulfide) groups is 1. The number of aromatic hydroxyl groups is 1. The van der Waals surface area contributed by atoms with Crippen molar-refractivity contribution in [1.82, 2.24) is 9.88 Å². The molecular formula is C37H51ClN2O9S. The number of rotatable bonds is 13. The minimum absolute atomic E-state index is 0.212. The van der Waals surface area contributed by atoms with E-state index in [9.17, 15) is 19.5 Å². The van der Waals surface area contributed by atoms with Gasteiger partial charge in [0.1, 0.15) is 11.5 Å². The summed E-state index contributed by atoms with van der Waals surface area (Å²) >= 11 is 8.31. The van der Waals surface area contributed by atoms with Crippen LogP contribution in [0, 0.1) is 0 Å². The van der Waals surface area contributed by atoms with Crippen LogP contribution in [0.4, 0.5) is 0 Å². The number of benzene rings is 2. The summed E-state index contributed by atoms with van der Waals surface area (Å²) in [5, 5.41) is 45.7. The largest absolute Gasteiger partial charge is 0.507 e. The zero-order chi connectivity index (χ0) is 38.4. The zero-order valence-electron chi connectivity index (χ0n) is 30.5. The number of phenols is 1. The summed E-state index contributed by atoms with van der Waals surface area (Å²) in [5.74, 6) is -2.00. The van der Waals surface area contributed by atoms with Gasteiger partial charge in [-0.3, -0.25) is 9.59 Å². The highest BCUT2D eigenvalue weighted by Gasteiger charge is 2.40. The van der Waals surface area contributed by atoms with E-state index in [1.165, 1.54) is 0 Å². The number of nitrogens with zero attached hydrogens (tertiary/aromatic N) is 2. The number of aliphatic carboxylic acids is 3. The van der Waals surface area contributed by atoms with Crippen LogP contribution in [0.1, 0.15) is 102 Å². The fraction of sp³-hybridized carbons (Fsp3) is 0.514. The molecule has 0 atom stereocenters. The summed E-state index contributed by atoms with van der Waals surface area (Å²) < 4.78 is 6.38. The lowest BCUT2D eigenvalue weighted by atomic mass is 9.78. The van der Waals surface area contributed by atoms with Gasteiger partial charge in [-0.2, -0.15) is 0 Å². The molecule has 11 nitrogen and oxygen atoms in total. The molecule has 0 saturated heterocycles. The molecule has 3 aromatic rings. The molecular weight excluding hydrogens is 684 g/mol. The molecule has 0 aliphatic carbocycles. The molecule has 2 aromatic carbocycles. The lowest BCUT2D eigenvalue weighted by Gasteiger charge is -2.27. The number of aromatic nitrogens is 1. The van der Waals surface area contributed by atoms with Crippen LogP contribution < -0.4 is 0 Å². The molecule has 0 bridgehead atoms. The van der Waals surface area contributed by atoms with Crippen LogP contribution in [0.2, 0.25) is 5.02 Å². The second kappa shape index (κ2) is 17.1. The second-order valence-corrected chi connectivity index (χ2v) is 16.5. The van der Waals surface area contributed by atoms with Crippen molar-refractivity contribution in [3.8, 4) is 17.2 Å². The van der Waals surface area contributed by atoms with Crippen LogP contribution in [-0.4, -0.2) is 78.8 Å². The van der Waals surface area contributed by atoms with Crippen molar-refractivity contribution >= 4 is 41.3 Å². The third-order valence-electron chi connectivity index (χ3n) is 7.63. The van der Waals surface area contributed by atoms with Crippen LogP contribution in [0.5, 0.6) is 5.75 Å². The molecule has 0 fully saturated rings. The predicted molar refractivity (Wildman–Crippen MR) is 195 cm³/mol. The number of hydrogen-bond donors (Lipinski definition) is 5. The summed E-state index contributed by atoms with van der Waals surface area (Å²) in [5.41, 5.74) is 1.70. The lowest BCUT2D eigenvalue weighted by molar-refractivity contribution is -0.170. The molecule has 0 aliphatic heterocycles. The average Bonchev–Trinajstić information content (AvgIpc) is 3.37. The predicted octanol–water partition coefficient (Wildman–Crippen LogP) is 7.57. The lowest BCUT2D eigenvalue weighted by Crippen LogP contribution is -2.42. The number of aliphatic hydroxyl groups is 1. The minimum atomic E-state index is -2.74. The number of hydrogen-bond acceptors (Lipinski definition) is 9. The van der Waals surface area contributed by atoms with E-state index in [0.29, 0.717) is 11.6 Å². The molecule has 0 radical (unpaired) electrons. The maximum atomic E-state index is 11.1. The smallest absolute Gasteiger partial charge is 0.336 e. The van der Waals surface area contributed by atoms with E-state index < -0.39 is 36.4 Å². The third-order valence-corrected chi connectivity index (χ3v) is 8.98. The Hall–Kier alpha value is -3.58. The number of oxazole rings is 1. The molecule has 3 rings (SSSR count). The van der Waals surface area contributed by atoms with Crippen molar-refractivity contribution in [2.24, 2.45) is 0 Å². The van der Waals surface area contributed by atoms with Crippen molar-refractivity contribution in [3.05, 3.63) is 63.5 Å². The molecule has 0 saturated carbocycles. The Morgan fingerprint density at radius 2 is 1.44 bits per heavy atom. The maximum Gasteiger partial charge on any atom is 0.336 e. The standard InChI is InChI=1S/C31H43ClN2O2S.C6H8O7/c1-19(2)28-26(13-14-37-22-12-11-20(18-34(9)10)25(32)17-22)33-29(36-28)21-15-23(30(3,4)5)27(35)24(16-21)31(6,7)8;7-3(8)1-6(13,5(11)12)2-4(9)10/h11-12,15-17,19,35H,13-14,18H2,1-10H3;13H,1-2H2,(H,7,8)(H,9,10)(H,11,12). The van der Waals surface area contributed by atoms with Crippen molar-refractivity contribution in [1.29, 1.82) is 0 Å². The summed E-state index contributed by atoms with van der Waals surface area (Å²) in [6.45, 7) is 17.8. The first-order chi connectivity index (χ1) is 22.8. The van der Waals surface area contributed by atoms with E-state index >= 15 is 0 Å². The van der Waals surface area contributed by atoms with E-state index in [4.69, 9.17) is 41.4 Å². The summed E-state index contributed by atoms with van der Waals surface area (Å²) in [4.78, 5) is 38.7. The monoisotopic (exact) mass is 734 g/mol. The van der Waals surface area contributed by atoms with Crippen molar-refractivity contribution < 1.29 is 44.3 Å². The number of carbonyl (C=O) groups is 3. The van der Waals surface area contributed by atoms with Gasteiger partial charge < -0.3 is 34.8 Å². The van der Waals surface area contributed by atoms with Gasteiger partial charge in [0.15, 0.2) is 5.60 Å². The number of halogens is 1. The normalized spacial score (nSPS) is 12.2. The van der Waals surface area contributed by atoms with Gasteiger partial charge in [0, 0.05) is 51.2 Å². The number of phenolic OH excluding ortho intramolecular Hbond substituents is 1. The molecule has 50 heavy (non-hydrogen) atoms. The maximum absolute atomic E-state index is 11.1. The fourth-order valence-corrected chi connectivity index (χ4v) is 6.29. The highest BCUT2D eigenvalue weighted by atomic mass is 35.5. The topological polar surface area (TPSA) is 182 Å². The molecule has 5 N–H and O–H groups in total. The number of carboxylic acids is 3. The zero-order valence-corrected chi connectivity index (χ0v) is 32.1. The van der Waals surface area contributed by atoms with Crippen LogP contribution in [0.15, 0.2) is 39.6 Å². The summed E-state index contributed by atoms with van der Waals surface area (Å²) in [6.07, 6.45) is -1.49. The Morgan fingerprint density at radius 1 is 0.920 bits per heavy atom. The second-order valence-electron chi connectivity index (χ2n) is 15.0. The van der Waals surface area contributed by atoms with Crippen LogP contribution in [0.3, 0.4) is 0 Å². The number of carboxylic acid groups (broad SMARTS) is 3. The molecule has 13 heteroatoms. The minimum Gasteiger partial charge on any atom is -0.507 e. The van der Waals surface area contributed by atoms with Crippen molar-refractivity contribution in [3.63, 3.8) is 0 Å². The fourth-order valence-electron chi connectivity index (χ4n) is 5.08. The van der Waals surface area contributed by atoms with E-state index in [2.05, 4.69) is 78.5 Å². The first kappa shape index (κ1) is 42.6. The average molecular weight is 735 g/mol. The SMILES string of the molecule is CC(C)c1oc(-c2cc(C(C)(C)C)c(O)c(C(C)(C)C)c2)nc1CCSc1ccc(CN(C)C)c(Cl)c1.O=C(O)CC(O)(CC(=O)O)C(=O)O. The Balaban J connectivity index is 0.000000565. The van der Waals surface area contributed by atoms with E-state index in [1.54, 1.807) is 11.8 Å². The van der Waals surface area contributed by atoms with Crippen LogP contribution >= 0.6 is 23.4 Å². The Labute approximate surface area is 303 Å². The molecule has 276 valence electrons. The Bertz CT molecular complexity index is 1620. The summed E-state index contributed by atoms with van der Waals surface area (Å²) in [7, 11) is 4.09. The van der Waals surface area contributed by atoms with Gasteiger partial charge in [0.25, 0.3) is 0 Å². The molecule has 0 aliphatic rings. The van der Waals surface area contributed by atoms with E-state index in [1.807, 2.05) is 26.2 Å². The highest BCUT2D eigenvalue weighted by molar-refractivity contribution is 7.99. The van der Waals surface area contributed by atoms with Gasteiger partial charge in [-0.15, -0.1) is 11.8 Å². The number of aryl methyl sites for hydroxylation is 1. The molecule has 1 aromatic heterocycles. The van der Waals surface area contributed by atoms with Gasteiger partial charge in [-0.05, 0) is 54.8 Å². The van der Waals surface area contributed by atoms with E-state index in [0.717, 1.165) is 62.3 Å². The summed E-state index contributed by atoms with van der Waals surface area (Å²) in [6, 6.07) is 10.4. The van der Waals surface area contributed by atoms with E-state index in [-0.39, 0.29) is 16.7 Å². The Kier molecular flexibility index (Phi) is 14.6. The molecule has 0 amide bonds. The molecule has 0 spiro atoms. The molecule has 0 unspecified atom stereocenters. The first-order valence-corrected chi connectivity index (χ1v) is 17.5. The third kappa shape index (κ3) is 12.0. The quantitative estimate of drug-likeness (QED) is 0.109. The van der Waals surface area contributed by atoms with Gasteiger partial charge in [-0.1, -0.05) is 73.1 Å². The van der Waals surface area contributed by atoms with Gasteiger partial charge in [0.2, 0.25) is 5.89 Å². The van der Waals surface area contributed by atoms with Crippen molar-refractivity contribution in [2.45, 2.75) is 108 Å². The van der Waals surface area contributed by atoms with Crippen LogP contribution in [-0.2, 0) is 38.2 Å². The molecule has 1 heterocycles. The van der Waals surface area contributed by atoms with Crippen molar-refractivity contribution in [2.75, 3.05) is 19.8 Å². The Morgan fingerprint density at radius 3 is 1.84 bits per heavy atom. The van der Waals surface area contributed by atoms with Crippen LogP contribution in [0.25, 0.3) is 11.5 Å².